The Kier molecular flexibility index (Phi) is 4.61. The Hall–Kier alpha value is -2.82. The Labute approximate surface area is 166 Å². The van der Waals surface area contributed by atoms with Crippen LogP contribution in [0.5, 0.6) is 5.75 Å². The summed E-state index contributed by atoms with van der Waals surface area (Å²) in [6, 6.07) is 14.9. The van der Waals surface area contributed by atoms with E-state index in [1.165, 1.54) is 40.9 Å². The lowest BCUT2D eigenvalue weighted by molar-refractivity contribution is -0.149. The lowest BCUT2D eigenvalue weighted by atomic mass is 9.85. The van der Waals surface area contributed by atoms with Crippen LogP contribution in [0.1, 0.15) is 23.5 Å². The highest BCUT2D eigenvalue weighted by atomic mass is 32.2. The molecule has 2 aromatic rings. The number of halogens is 1. The molecule has 0 spiro atoms. The number of carbonyl (C=O) groups is 1. The van der Waals surface area contributed by atoms with Crippen LogP contribution in [0.2, 0.25) is 0 Å². The Balaban J connectivity index is 1.77. The lowest BCUT2D eigenvalue weighted by Gasteiger charge is -2.38. The predicted octanol–water partition coefficient (Wildman–Crippen LogP) is 3.48. The average Bonchev–Trinajstić information content (AvgIpc) is 3.07. The van der Waals surface area contributed by atoms with Crippen LogP contribution in [0.25, 0.3) is 0 Å². The van der Waals surface area contributed by atoms with Gasteiger partial charge in [-0.2, -0.15) is 5.26 Å². The second kappa shape index (κ2) is 6.97. The van der Waals surface area contributed by atoms with E-state index < -0.39 is 11.5 Å². The number of nitrogens with zero attached hydrogens (tertiary/aromatic N) is 2. The van der Waals surface area contributed by atoms with Crippen molar-refractivity contribution in [2.75, 3.05) is 12.9 Å². The zero-order chi connectivity index (χ0) is 19.9. The van der Waals surface area contributed by atoms with E-state index in [0.717, 1.165) is 5.56 Å². The molecule has 2 atom stereocenters. The fourth-order valence-electron chi connectivity index (χ4n) is 3.68. The molecule has 0 aromatic heterocycles. The first-order valence-electron chi connectivity index (χ1n) is 8.70. The molecule has 0 bridgehead atoms. The number of fused-ring (bicyclic) bond motifs is 1. The van der Waals surface area contributed by atoms with E-state index in [0.29, 0.717) is 21.9 Å². The number of benzene rings is 2. The molecule has 2 aliphatic heterocycles. The molecule has 0 aliphatic carbocycles. The minimum Gasteiger partial charge on any atom is -0.497 e. The van der Waals surface area contributed by atoms with E-state index in [-0.39, 0.29) is 24.0 Å². The van der Waals surface area contributed by atoms with Crippen molar-refractivity contribution in [3.05, 3.63) is 76.1 Å². The zero-order valence-corrected chi connectivity index (χ0v) is 15.9. The Bertz CT molecular complexity index is 998. The van der Waals surface area contributed by atoms with Gasteiger partial charge in [-0.15, -0.1) is 11.8 Å². The molecular formula is C21H17FN2O3S. The number of thioether (sulfide) groups is 1. The topological polar surface area (TPSA) is 73.6 Å². The van der Waals surface area contributed by atoms with Gasteiger partial charge in [0.2, 0.25) is 5.91 Å². The molecule has 2 heterocycles. The van der Waals surface area contributed by atoms with Gasteiger partial charge in [-0.3, -0.25) is 9.69 Å². The molecule has 5 nitrogen and oxygen atoms in total. The van der Waals surface area contributed by atoms with Crippen LogP contribution < -0.4 is 4.74 Å². The number of nitriles is 1. The van der Waals surface area contributed by atoms with Gasteiger partial charge < -0.3 is 9.84 Å². The fourth-order valence-corrected chi connectivity index (χ4v) is 5.04. The van der Waals surface area contributed by atoms with E-state index in [9.17, 15) is 19.6 Å². The third-order valence-electron chi connectivity index (χ3n) is 5.14. The standard InChI is InChI=1S/C21H17FN2O3S/c1-27-16-8-2-13(3-9-16)17-10-19(25)24-20(18(17)11-23)28-12-21(24,26)14-4-6-15(22)7-5-14/h2-9,17,26H,10,12H2,1H3/t17-,21-/m1/s1. The van der Waals surface area contributed by atoms with Crippen LogP contribution in [-0.4, -0.2) is 28.8 Å². The molecule has 142 valence electrons. The number of amides is 1. The highest BCUT2D eigenvalue weighted by Crippen LogP contribution is 2.51. The maximum Gasteiger partial charge on any atom is 0.231 e. The first-order chi connectivity index (χ1) is 13.5. The number of aliphatic hydroxyl groups is 1. The van der Waals surface area contributed by atoms with Crippen LogP contribution in [0.15, 0.2) is 59.1 Å². The van der Waals surface area contributed by atoms with Crippen molar-refractivity contribution < 1.29 is 19.0 Å². The summed E-state index contributed by atoms with van der Waals surface area (Å²) < 4.78 is 18.5. The van der Waals surface area contributed by atoms with Crippen molar-refractivity contribution in [3.8, 4) is 11.8 Å². The van der Waals surface area contributed by atoms with Crippen molar-refractivity contribution >= 4 is 17.7 Å². The molecule has 4 rings (SSSR count). The molecule has 0 saturated carbocycles. The maximum absolute atomic E-state index is 13.3. The second-order valence-corrected chi connectivity index (χ2v) is 7.67. The molecule has 1 amide bonds. The summed E-state index contributed by atoms with van der Waals surface area (Å²) in [6.45, 7) is 0. The van der Waals surface area contributed by atoms with E-state index in [1.807, 2.05) is 12.1 Å². The van der Waals surface area contributed by atoms with Gasteiger partial charge in [0, 0.05) is 17.9 Å². The van der Waals surface area contributed by atoms with Crippen LogP contribution in [0.4, 0.5) is 4.39 Å². The van der Waals surface area contributed by atoms with Crippen molar-refractivity contribution in [2.24, 2.45) is 0 Å². The average molecular weight is 396 g/mol. The summed E-state index contributed by atoms with van der Waals surface area (Å²) in [5, 5.41) is 21.5. The summed E-state index contributed by atoms with van der Waals surface area (Å²) >= 11 is 1.27. The summed E-state index contributed by atoms with van der Waals surface area (Å²) in [5.41, 5.74) is 0.117. The summed E-state index contributed by atoms with van der Waals surface area (Å²) in [7, 11) is 1.57. The fraction of sp³-hybridized carbons (Fsp3) is 0.238. The molecule has 0 unspecified atom stereocenters. The first-order valence-corrected chi connectivity index (χ1v) is 9.69. The number of allylic oxidation sites excluding steroid dienone is 1. The van der Waals surface area contributed by atoms with Crippen molar-refractivity contribution in [2.45, 2.75) is 18.1 Å². The lowest BCUT2D eigenvalue weighted by Crippen LogP contribution is -2.48. The smallest absolute Gasteiger partial charge is 0.231 e. The van der Waals surface area contributed by atoms with E-state index in [1.54, 1.807) is 19.2 Å². The second-order valence-electron chi connectivity index (χ2n) is 6.70. The number of carbonyl (C=O) groups excluding carboxylic acids is 1. The minimum absolute atomic E-state index is 0.0722. The number of ether oxygens (including phenoxy) is 1. The quantitative estimate of drug-likeness (QED) is 0.860. The SMILES string of the molecule is COc1ccc([C@H]2CC(=O)N3C(=C2C#N)SC[C@@]3(O)c2ccc(F)cc2)cc1. The van der Waals surface area contributed by atoms with Crippen molar-refractivity contribution in [1.29, 1.82) is 5.26 Å². The molecule has 28 heavy (non-hydrogen) atoms. The Morgan fingerprint density at radius 3 is 2.54 bits per heavy atom. The van der Waals surface area contributed by atoms with Crippen LogP contribution in [0, 0.1) is 17.1 Å². The van der Waals surface area contributed by atoms with Crippen molar-refractivity contribution in [1.82, 2.24) is 4.90 Å². The van der Waals surface area contributed by atoms with Gasteiger partial charge in [-0.25, -0.2) is 4.39 Å². The van der Waals surface area contributed by atoms with Gasteiger partial charge in [-0.05, 0) is 29.8 Å². The molecule has 2 aliphatic rings. The minimum atomic E-state index is -1.60. The van der Waals surface area contributed by atoms with Crippen LogP contribution in [-0.2, 0) is 10.5 Å². The van der Waals surface area contributed by atoms with Crippen LogP contribution >= 0.6 is 11.8 Å². The Morgan fingerprint density at radius 1 is 1.25 bits per heavy atom. The van der Waals surface area contributed by atoms with Gasteiger partial charge >= 0.3 is 0 Å². The Morgan fingerprint density at radius 2 is 1.93 bits per heavy atom. The number of rotatable bonds is 3. The number of hydrogen-bond donors (Lipinski definition) is 1. The first kappa shape index (κ1) is 18.5. The summed E-state index contributed by atoms with van der Waals surface area (Å²) in [5.74, 6) is -0.194. The van der Waals surface area contributed by atoms with Gasteiger partial charge in [0.1, 0.15) is 11.6 Å². The van der Waals surface area contributed by atoms with Crippen molar-refractivity contribution in [3.63, 3.8) is 0 Å². The highest BCUT2D eigenvalue weighted by molar-refractivity contribution is 8.03. The monoisotopic (exact) mass is 396 g/mol. The zero-order valence-electron chi connectivity index (χ0n) is 15.1. The maximum atomic E-state index is 13.3. The molecule has 7 heteroatoms. The van der Waals surface area contributed by atoms with Gasteiger partial charge in [0.05, 0.1) is 29.5 Å². The molecular weight excluding hydrogens is 379 g/mol. The molecule has 1 N–H and O–H groups in total. The largest absolute Gasteiger partial charge is 0.497 e. The number of hydrogen-bond acceptors (Lipinski definition) is 5. The van der Waals surface area contributed by atoms with E-state index >= 15 is 0 Å². The third kappa shape index (κ3) is 2.86. The van der Waals surface area contributed by atoms with Gasteiger partial charge in [-0.1, -0.05) is 24.3 Å². The molecule has 1 saturated heterocycles. The van der Waals surface area contributed by atoms with Crippen LogP contribution in [0.3, 0.4) is 0 Å². The van der Waals surface area contributed by atoms with E-state index in [2.05, 4.69) is 6.07 Å². The highest BCUT2D eigenvalue weighted by Gasteiger charge is 2.51. The summed E-state index contributed by atoms with van der Waals surface area (Å²) in [4.78, 5) is 14.3. The third-order valence-corrected chi connectivity index (χ3v) is 6.36. The van der Waals surface area contributed by atoms with E-state index in [4.69, 9.17) is 4.74 Å². The summed E-state index contributed by atoms with van der Waals surface area (Å²) in [6.07, 6.45) is 0.0722. The molecule has 2 aromatic carbocycles. The van der Waals surface area contributed by atoms with Gasteiger partial charge in [0.25, 0.3) is 0 Å². The predicted molar refractivity (Wildman–Crippen MR) is 103 cm³/mol. The number of methoxy groups -OCH3 is 1. The van der Waals surface area contributed by atoms with Gasteiger partial charge in [0.15, 0.2) is 5.72 Å². The molecule has 1 fully saturated rings. The normalized spacial score (nSPS) is 24.1. The molecule has 0 radical (unpaired) electrons.